The second-order valence-corrected chi connectivity index (χ2v) is 7.03. The predicted octanol–water partition coefficient (Wildman–Crippen LogP) is 4.13. The molecule has 0 radical (unpaired) electrons. The van der Waals surface area contributed by atoms with Gasteiger partial charge in [0.25, 0.3) is 5.91 Å². The van der Waals surface area contributed by atoms with Crippen LogP contribution < -0.4 is 19.5 Å². The third kappa shape index (κ3) is 4.10. The highest BCUT2D eigenvalue weighted by Crippen LogP contribution is 2.40. The molecule has 1 amide bonds. The average molecular weight is 409 g/mol. The highest BCUT2D eigenvalue weighted by atomic mass is 16.5. The standard InChI is InChI=1S/C23H27N3O4/c1-14-7-9-17(10-8-14)13-26-16(3)20(15(2)25-26)24-23(27)18-11-12-19(28-4)22(30-6)21(18)29-5/h7-12H,13H2,1-6H3,(H,24,27). The Kier molecular flexibility index (Phi) is 6.30. The Morgan fingerprint density at radius 2 is 1.60 bits per heavy atom. The number of ether oxygens (including phenoxy) is 3. The number of aromatic nitrogens is 2. The number of aryl methyl sites for hydroxylation is 2. The van der Waals surface area contributed by atoms with Gasteiger partial charge in [0, 0.05) is 0 Å². The van der Waals surface area contributed by atoms with Crippen molar-refractivity contribution in [2.24, 2.45) is 0 Å². The van der Waals surface area contributed by atoms with E-state index in [1.807, 2.05) is 18.5 Å². The van der Waals surface area contributed by atoms with Crippen LogP contribution in [0, 0.1) is 20.8 Å². The molecule has 0 fully saturated rings. The average Bonchev–Trinajstić information content (AvgIpc) is 3.01. The summed E-state index contributed by atoms with van der Waals surface area (Å²) >= 11 is 0. The summed E-state index contributed by atoms with van der Waals surface area (Å²) in [5, 5.41) is 7.58. The quantitative estimate of drug-likeness (QED) is 0.635. The molecule has 0 bridgehead atoms. The number of hydrogen-bond donors (Lipinski definition) is 1. The fourth-order valence-electron chi connectivity index (χ4n) is 3.36. The molecule has 0 spiro atoms. The fraction of sp³-hybridized carbons (Fsp3) is 0.304. The Morgan fingerprint density at radius 3 is 2.20 bits per heavy atom. The number of nitrogens with one attached hydrogen (secondary N) is 1. The number of benzene rings is 2. The van der Waals surface area contributed by atoms with Gasteiger partial charge in [-0.05, 0) is 38.5 Å². The van der Waals surface area contributed by atoms with Gasteiger partial charge in [0.2, 0.25) is 5.75 Å². The lowest BCUT2D eigenvalue weighted by Gasteiger charge is -2.15. The molecule has 0 unspecified atom stereocenters. The summed E-state index contributed by atoms with van der Waals surface area (Å²) in [6.45, 7) is 6.50. The lowest BCUT2D eigenvalue weighted by atomic mass is 10.1. The van der Waals surface area contributed by atoms with Gasteiger partial charge in [-0.25, -0.2) is 0 Å². The second-order valence-electron chi connectivity index (χ2n) is 7.03. The number of amides is 1. The molecule has 0 aliphatic rings. The molecular formula is C23H27N3O4. The van der Waals surface area contributed by atoms with Crippen molar-refractivity contribution in [3.05, 3.63) is 64.5 Å². The van der Waals surface area contributed by atoms with Crippen LogP contribution in [0.1, 0.15) is 32.9 Å². The first kappa shape index (κ1) is 21.2. The number of carbonyl (C=O) groups is 1. The number of rotatable bonds is 7. The highest BCUT2D eigenvalue weighted by molar-refractivity contribution is 6.07. The lowest BCUT2D eigenvalue weighted by Crippen LogP contribution is -2.15. The number of hydrogen-bond acceptors (Lipinski definition) is 5. The van der Waals surface area contributed by atoms with E-state index in [4.69, 9.17) is 14.2 Å². The van der Waals surface area contributed by atoms with Gasteiger partial charge in [-0.15, -0.1) is 0 Å². The second kappa shape index (κ2) is 8.90. The number of nitrogens with zero attached hydrogens (tertiary/aromatic N) is 2. The van der Waals surface area contributed by atoms with Crippen LogP contribution in [-0.2, 0) is 6.54 Å². The fourth-order valence-corrected chi connectivity index (χ4v) is 3.36. The lowest BCUT2D eigenvalue weighted by molar-refractivity contribution is 0.102. The van der Waals surface area contributed by atoms with E-state index in [1.165, 1.54) is 26.9 Å². The largest absolute Gasteiger partial charge is 0.493 e. The van der Waals surface area contributed by atoms with E-state index in [-0.39, 0.29) is 5.91 Å². The maximum Gasteiger partial charge on any atom is 0.259 e. The molecule has 0 aliphatic carbocycles. The summed E-state index contributed by atoms with van der Waals surface area (Å²) < 4.78 is 18.0. The summed E-state index contributed by atoms with van der Waals surface area (Å²) in [5.41, 5.74) is 5.01. The molecule has 158 valence electrons. The number of methoxy groups -OCH3 is 3. The molecule has 0 saturated carbocycles. The van der Waals surface area contributed by atoms with Gasteiger partial charge in [-0.3, -0.25) is 9.48 Å². The third-order valence-electron chi connectivity index (χ3n) is 5.02. The van der Waals surface area contributed by atoms with E-state index in [1.54, 1.807) is 12.1 Å². The van der Waals surface area contributed by atoms with Crippen LogP contribution in [0.2, 0.25) is 0 Å². The summed E-state index contributed by atoms with van der Waals surface area (Å²) in [7, 11) is 4.53. The van der Waals surface area contributed by atoms with Gasteiger partial charge in [0.15, 0.2) is 11.5 Å². The van der Waals surface area contributed by atoms with Crippen molar-refractivity contribution in [2.45, 2.75) is 27.3 Å². The zero-order valence-electron chi connectivity index (χ0n) is 18.2. The van der Waals surface area contributed by atoms with E-state index >= 15 is 0 Å². The molecule has 0 saturated heterocycles. The van der Waals surface area contributed by atoms with Crippen molar-refractivity contribution in [3.63, 3.8) is 0 Å². The Balaban J connectivity index is 1.89. The summed E-state index contributed by atoms with van der Waals surface area (Å²) in [5.74, 6) is 0.867. The minimum Gasteiger partial charge on any atom is -0.493 e. The normalized spacial score (nSPS) is 10.6. The number of carbonyl (C=O) groups excluding carboxylic acids is 1. The Labute approximate surface area is 176 Å². The van der Waals surface area contributed by atoms with Crippen molar-refractivity contribution in [3.8, 4) is 17.2 Å². The Morgan fingerprint density at radius 1 is 0.933 bits per heavy atom. The molecule has 1 heterocycles. The van der Waals surface area contributed by atoms with E-state index in [2.05, 4.69) is 41.6 Å². The van der Waals surface area contributed by atoms with Crippen LogP contribution in [0.4, 0.5) is 5.69 Å². The first-order valence-electron chi connectivity index (χ1n) is 9.59. The van der Waals surface area contributed by atoms with E-state index in [0.717, 1.165) is 17.0 Å². The van der Waals surface area contributed by atoms with Crippen LogP contribution in [0.25, 0.3) is 0 Å². The van der Waals surface area contributed by atoms with Crippen LogP contribution >= 0.6 is 0 Å². The van der Waals surface area contributed by atoms with Gasteiger partial charge < -0.3 is 19.5 Å². The molecule has 0 atom stereocenters. The van der Waals surface area contributed by atoms with Crippen molar-refractivity contribution >= 4 is 11.6 Å². The molecule has 1 N–H and O–H groups in total. The van der Waals surface area contributed by atoms with Gasteiger partial charge in [0.1, 0.15) is 0 Å². The first-order chi connectivity index (χ1) is 14.4. The van der Waals surface area contributed by atoms with Crippen LogP contribution in [0.15, 0.2) is 36.4 Å². The van der Waals surface area contributed by atoms with Gasteiger partial charge >= 0.3 is 0 Å². The molecule has 7 heteroatoms. The molecule has 7 nitrogen and oxygen atoms in total. The van der Waals surface area contributed by atoms with Crippen molar-refractivity contribution < 1.29 is 19.0 Å². The molecule has 3 rings (SSSR count). The molecular weight excluding hydrogens is 382 g/mol. The molecule has 1 aromatic heterocycles. The van der Waals surface area contributed by atoms with E-state index < -0.39 is 0 Å². The number of anilines is 1. The minimum atomic E-state index is -0.311. The van der Waals surface area contributed by atoms with E-state index in [0.29, 0.717) is 35.0 Å². The zero-order chi connectivity index (χ0) is 21.8. The maximum atomic E-state index is 13.0. The van der Waals surface area contributed by atoms with Crippen LogP contribution in [0.5, 0.6) is 17.2 Å². The highest BCUT2D eigenvalue weighted by Gasteiger charge is 2.22. The molecule has 0 aliphatic heterocycles. The molecule has 30 heavy (non-hydrogen) atoms. The minimum absolute atomic E-state index is 0.311. The van der Waals surface area contributed by atoms with Crippen LogP contribution in [-0.4, -0.2) is 37.0 Å². The summed E-state index contributed by atoms with van der Waals surface area (Å²) in [6.07, 6.45) is 0. The summed E-state index contributed by atoms with van der Waals surface area (Å²) in [6, 6.07) is 11.6. The monoisotopic (exact) mass is 409 g/mol. The first-order valence-corrected chi connectivity index (χ1v) is 9.59. The van der Waals surface area contributed by atoms with Crippen molar-refractivity contribution in [1.29, 1.82) is 0 Å². The predicted molar refractivity (Wildman–Crippen MR) is 116 cm³/mol. The molecule has 2 aromatic carbocycles. The maximum absolute atomic E-state index is 13.0. The van der Waals surface area contributed by atoms with Crippen molar-refractivity contribution in [1.82, 2.24) is 9.78 Å². The van der Waals surface area contributed by atoms with Crippen LogP contribution in [0.3, 0.4) is 0 Å². The summed E-state index contributed by atoms with van der Waals surface area (Å²) in [4.78, 5) is 13.0. The van der Waals surface area contributed by atoms with E-state index in [9.17, 15) is 4.79 Å². The topological polar surface area (TPSA) is 74.6 Å². The Bertz CT molecular complexity index is 1060. The van der Waals surface area contributed by atoms with Gasteiger partial charge in [-0.2, -0.15) is 5.10 Å². The third-order valence-corrected chi connectivity index (χ3v) is 5.02. The van der Waals surface area contributed by atoms with Gasteiger partial charge in [0.05, 0.1) is 50.5 Å². The molecule has 3 aromatic rings. The van der Waals surface area contributed by atoms with Gasteiger partial charge in [-0.1, -0.05) is 29.8 Å². The van der Waals surface area contributed by atoms with Crippen molar-refractivity contribution in [2.75, 3.05) is 26.6 Å². The zero-order valence-corrected chi connectivity index (χ0v) is 18.2. The Hall–Kier alpha value is -3.48. The SMILES string of the molecule is COc1ccc(C(=O)Nc2c(C)nn(Cc3ccc(C)cc3)c2C)c(OC)c1OC. The smallest absolute Gasteiger partial charge is 0.259 e.